The molecule has 0 aromatic heterocycles. The van der Waals surface area contributed by atoms with Crippen LogP contribution < -0.4 is 10.1 Å². The van der Waals surface area contributed by atoms with Crippen molar-refractivity contribution in [3.8, 4) is 23.0 Å². The van der Waals surface area contributed by atoms with E-state index < -0.39 is 88.8 Å². The van der Waals surface area contributed by atoms with Gasteiger partial charge in [-0.25, -0.2) is 0 Å². The molecule has 3 heterocycles. The van der Waals surface area contributed by atoms with Gasteiger partial charge in [0.05, 0.1) is 41.2 Å². The molecule has 9 atom stereocenters. The first-order chi connectivity index (χ1) is 25.2. The number of amides is 1. The van der Waals surface area contributed by atoms with Gasteiger partial charge in [0.15, 0.2) is 5.75 Å². The normalized spacial score (nSPS) is 31.8. The van der Waals surface area contributed by atoms with Crippen molar-refractivity contribution in [3.63, 3.8) is 0 Å². The van der Waals surface area contributed by atoms with Gasteiger partial charge in [-0.3, -0.25) is 14.4 Å². The molecule has 0 saturated heterocycles. The Bertz CT molecular complexity index is 1880. The molecule has 5 bridgehead atoms. The highest BCUT2D eigenvalue weighted by Crippen LogP contribution is 2.55. The van der Waals surface area contributed by atoms with Gasteiger partial charge < -0.3 is 54.7 Å². The van der Waals surface area contributed by atoms with Gasteiger partial charge in [-0.2, -0.15) is 0 Å². The molecule has 14 nitrogen and oxygen atoms in total. The summed E-state index contributed by atoms with van der Waals surface area (Å²) in [5.41, 5.74) is 0.0370. The monoisotopic (exact) mass is 754 g/mol. The number of anilines is 1. The fourth-order valence-corrected chi connectivity index (χ4v) is 7.26. The number of carbonyl (C=O) groups is 3. The Kier molecular flexibility index (Phi) is 12.8. The van der Waals surface area contributed by atoms with Crippen LogP contribution in [0.5, 0.6) is 23.0 Å². The second-order valence-electron chi connectivity index (χ2n) is 14.9. The quantitative estimate of drug-likeness (QED) is 0.141. The zero-order chi connectivity index (χ0) is 40.6. The molecule has 3 aliphatic heterocycles. The Morgan fingerprint density at radius 1 is 0.944 bits per heavy atom. The average Bonchev–Trinajstić information content (AvgIpc) is 3.38. The maximum atomic E-state index is 14.2. The van der Waals surface area contributed by atoms with E-state index in [1.165, 1.54) is 53.2 Å². The summed E-state index contributed by atoms with van der Waals surface area (Å²) < 4.78 is 23.5. The summed E-state index contributed by atoms with van der Waals surface area (Å²) in [5, 5.41) is 59.9. The van der Waals surface area contributed by atoms with E-state index in [9.17, 15) is 39.9 Å². The summed E-state index contributed by atoms with van der Waals surface area (Å²) in [6, 6.07) is 0. The molecule has 14 heteroatoms. The molecule has 296 valence electrons. The third-order valence-electron chi connectivity index (χ3n) is 10.6. The predicted molar refractivity (Wildman–Crippen MR) is 201 cm³/mol. The minimum absolute atomic E-state index is 0.00552. The number of allylic oxidation sites excluding steroid dienone is 2. The lowest BCUT2D eigenvalue weighted by molar-refractivity contribution is -0.160. The first-order valence-electron chi connectivity index (χ1n) is 17.9. The zero-order valence-electron chi connectivity index (χ0n) is 32.8. The molecule has 2 aromatic rings. The van der Waals surface area contributed by atoms with Crippen molar-refractivity contribution < 1.29 is 58.9 Å². The van der Waals surface area contributed by atoms with Crippen molar-refractivity contribution in [2.75, 3.05) is 26.5 Å². The van der Waals surface area contributed by atoms with E-state index >= 15 is 0 Å². The fraction of sp³-hybridized carbons (Fsp3) is 0.525. The molecule has 3 aliphatic rings. The Balaban J connectivity index is 1.96. The lowest BCUT2D eigenvalue weighted by Gasteiger charge is -2.38. The zero-order valence-corrected chi connectivity index (χ0v) is 32.8. The van der Waals surface area contributed by atoms with E-state index in [0.29, 0.717) is 0 Å². The van der Waals surface area contributed by atoms with Crippen LogP contribution in [-0.4, -0.2) is 99.5 Å². The number of nitrogens with one attached hydrogen (secondary N) is 1. The number of rotatable bonds is 4. The third kappa shape index (κ3) is 7.92. The molecule has 5 rings (SSSR count). The van der Waals surface area contributed by atoms with E-state index in [0.717, 1.165) is 0 Å². The molecule has 54 heavy (non-hydrogen) atoms. The van der Waals surface area contributed by atoms with Crippen LogP contribution in [0.2, 0.25) is 0 Å². The minimum Gasteiger partial charge on any atom is -0.507 e. The highest BCUT2D eigenvalue weighted by Gasteiger charge is 2.50. The lowest BCUT2D eigenvalue weighted by atomic mass is 9.78. The first kappa shape index (κ1) is 42.1. The van der Waals surface area contributed by atoms with Crippen molar-refractivity contribution in [3.05, 3.63) is 52.8 Å². The van der Waals surface area contributed by atoms with Crippen molar-refractivity contribution in [1.82, 2.24) is 4.90 Å². The molecule has 0 fully saturated rings. The van der Waals surface area contributed by atoms with Crippen LogP contribution in [0.15, 0.2) is 36.1 Å². The van der Waals surface area contributed by atoms with Crippen LogP contribution in [0.3, 0.4) is 0 Å². The number of methoxy groups -OCH3 is 1. The van der Waals surface area contributed by atoms with E-state index in [4.69, 9.17) is 18.9 Å². The molecule has 0 radical (unpaired) electrons. The summed E-state index contributed by atoms with van der Waals surface area (Å²) >= 11 is 0. The maximum absolute atomic E-state index is 14.2. The number of ether oxygens (including phenoxy) is 4. The molecule has 1 amide bonds. The standard InChI is InChI=1S/C40H54N2O12/c1-18-13-12-14-19(2)39(50)41-30-25(17-42(9)10)34(47)27-28(35(30)48)33(46)23(6)37-29(27)38(49)40(8,54-37)52-16-15-26(51-11)20(3)36(53-24(7)43)22(5)32(45)21(4)31(18)44/h12-16,18,20-22,26,31-32,36,44-48H,17H2,1-11H3,(H,41,50)/b13-12+,16-15+,19-14+/t18-,20-,21+,22+,26-,31-,32-,36-,40-/m1/s1. The summed E-state index contributed by atoms with van der Waals surface area (Å²) in [5.74, 6) is -7.98. The minimum atomic E-state index is -2.01. The summed E-state index contributed by atoms with van der Waals surface area (Å²) in [6.07, 6.45) is 3.65. The number of phenols is 3. The second kappa shape index (κ2) is 16.4. The average molecular weight is 755 g/mol. The van der Waals surface area contributed by atoms with Crippen LogP contribution in [0.25, 0.3) is 10.8 Å². The summed E-state index contributed by atoms with van der Waals surface area (Å²) in [6.45, 7) is 12.6. The Morgan fingerprint density at radius 2 is 1.59 bits per heavy atom. The van der Waals surface area contributed by atoms with E-state index in [1.807, 2.05) is 0 Å². The number of benzene rings is 2. The molecule has 6 N–H and O–H groups in total. The van der Waals surface area contributed by atoms with E-state index in [-0.39, 0.29) is 51.0 Å². The molecule has 0 aliphatic carbocycles. The molecular formula is C40H54N2O12. The Morgan fingerprint density at radius 3 is 2.19 bits per heavy atom. The number of aromatic hydroxyl groups is 3. The van der Waals surface area contributed by atoms with Crippen LogP contribution in [0.4, 0.5) is 5.69 Å². The summed E-state index contributed by atoms with van der Waals surface area (Å²) in [4.78, 5) is 41.7. The first-order valence-corrected chi connectivity index (χ1v) is 17.9. The molecule has 0 saturated carbocycles. The number of aliphatic hydroxyl groups is 2. The van der Waals surface area contributed by atoms with Crippen molar-refractivity contribution >= 4 is 34.1 Å². The van der Waals surface area contributed by atoms with Gasteiger partial charge in [0.2, 0.25) is 0 Å². The number of phenolic OH excluding ortho intramolecular Hbond substituents is 3. The van der Waals surface area contributed by atoms with Crippen LogP contribution in [0, 0.1) is 30.6 Å². The fourth-order valence-electron chi connectivity index (χ4n) is 7.26. The van der Waals surface area contributed by atoms with Crippen LogP contribution >= 0.6 is 0 Å². The van der Waals surface area contributed by atoms with Crippen molar-refractivity contribution in [2.45, 2.75) is 92.1 Å². The molecule has 2 aromatic carbocycles. The third-order valence-corrected chi connectivity index (χ3v) is 10.6. The van der Waals surface area contributed by atoms with Gasteiger partial charge in [-0.1, -0.05) is 45.9 Å². The van der Waals surface area contributed by atoms with Gasteiger partial charge in [-0.05, 0) is 34.0 Å². The molecule has 0 spiro atoms. The molecule has 0 unspecified atom stereocenters. The SMILES string of the molecule is CO[C@@H]1/C=C/O[C@]2(C)Oc3c(C)c(O)c4c(O)c(c(CN(C)C)c(O)c4c3C2=O)NC(=O)/C(C)=C/C=C/[C@@H](C)[C@@H](O)[C@H](C)[C@@H](O)[C@H](C)[C@H](OC(C)=O)[C@@H]1C. The van der Waals surface area contributed by atoms with E-state index in [2.05, 4.69) is 5.32 Å². The number of aliphatic hydroxyl groups excluding tert-OH is 2. The van der Waals surface area contributed by atoms with Gasteiger partial charge in [0, 0.05) is 73.3 Å². The van der Waals surface area contributed by atoms with Gasteiger partial charge in [-0.15, -0.1) is 0 Å². The number of hydrogen-bond donors (Lipinski definition) is 6. The number of carbonyl (C=O) groups excluding carboxylic acids is 3. The number of Topliss-reactive ketones (excluding diaryl/α,β-unsaturated/α-hetero) is 1. The maximum Gasteiger partial charge on any atom is 0.312 e. The number of esters is 1. The predicted octanol–water partition coefficient (Wildman–Crippen LogP) is 4.82. The number of ketones is 1. The lowest BCUT2D eigenvalue weighted by Crippen LogP contribution is -2.46. The van der Waals surface area contributed by atoms with Crippen LogP contribution in [0.1, 0.15) is 70.0 Å². The van der Waals surface area contributed by atoms with Gasteiger partial charge >= 0.3 is 11.8 Å². The topological polar surface area (TPSA) is 205 Å². The number of nitrogens with zero attached hydrogens (tertiary/aromatic N) is 1. The molecular weight excluding hydrogens is 700 g/mol. The van der Waals surface area contributed by atoms with Gasteiger partial charge in [0.1, 0.15) is 23.4 Å². The highest BCUT2D eigenvalue weighted by atomic mass is 16.7. The van der Waals surface area contributed by atoms with E-state index in [1.54, 1.807) is 58.8 Å². The van der Waals surface area contributed by atoms with Crippen molar-refractivity contribution in [1.29, 1.82) is 0 Å². The number of fused-ring (bicyclic) bond motifs is 14. The smallest absolute Gasteiger partial charge is 0.312 e. The van der Waals surface area contributed by atoms with Gasteiger partial charge in [0.25, 0.3) is 11.7 Å². The number of hydrogen-bond acceptors (Lipinski definition) is 13. The largest absolute Gasteiger partial charge is 0.507 e. The second-order valence-corrected chi connectivity index (χ2v) is 14.9. The Labute approximate surface area is 315 Å². The summed E-state index contributed by atoms with van der Waals surface area (Å²) in [7, 11) is 4.86. The Hall–Kier alpha value is -4.63. The van der Waals surface area contributed by atoms with Crippen LogP contribution in [-0.2, 0) is 30.3 Å². The van der Waals surface area contributed by atoms with Crippen molar-refractivity contribution in [2.24, 2.45) is 23.7 Å². The highest BCUT2D eigenvalue weighted by molar-refractivity contribution is 6.22.